The second-order valence-corrected chi connectivity index (χ2v) is 6.19. The third-order valence-electron chi connectivity index (χ3n) is 3.35. The van der Waals surface area contributed by atoms with Crippen molar-refractivity contribution >= 4 is 23.4 Å². The molecule has 1 aliphatic rings. The van der Waals surface area contributed by atoms with Crippen LogP contribution in [0.5, 0.6) is 11.5 Å². The minimum Gasteiger partial charge on any atom is -0.454 e. The molecule has 0 saturated heterocycles. The topological polar surface area (TPSA) is 47.6 Å². The van der Waals surface area contributed by atoms with E-state index in [1.807, 2.05) is 6.07 Å². The van der Waals surface area contributed by atoms with E-state index >= 15 is 0 Å². The van der Waals surface area contributed by atoms with Crippen molar-refractivity contribution in [1.82, 2.24) is 0 Å². The van der Waals surface area contributed by atoms with Crippen molar-refractivity contribution in [2.45, 2.75) is 18.7 Å². The molecule has 1 heterocycles. The molecule has 5 heteroatoms. The van der Waals surface area contributed by atoms with Gasteiger partial charge in [0.05, 0.1) is 5.75 Å². The number of thioether (sulfide) groups is 1. The van der Waals surface area contributed by atoms with Crippen LogP contribution in [0.3, 0.4) is 0 Å². The van der Waals surface area contributed by atoms with Crippen molar-refractivity contribution in [3.05, 3.63) is 47.5 Å². The van der Waals surface area contributed by atoms with E-state index in [-0.39, 0.29) is 12.7 Å². The number of carbonyl (C=O) groups excluding carboxylic acids is 1. The molecule has 0 spiro atoms. The van der Waals surface area contributed by atoms with Gasteiger partial charge >= 0.3 is 0 Å². The molecule has 0 radical (unpaired) electrons. The number of aryl methyl sites for hydroxylation is 2. The summed E-state index contributed by atoms with van der Waals surface area (Å²) in [5.74, 6) is 1.71. The fraction of sp³-hybridized carbons (Fsp3) is 0.235. The average molecular weight is 315 g/mol. The van der Waals surface area contributed by atoms with Crippen LogP contribution in [-0.2, 0) is 4.79 Å². The summed E-state index contributed by atoms with van der Waals surface area (Å²) >= 11 is 1.54. The van der Waals surface area contributed by atoms with Crippen molar-refractivity contribution in [3.63, 3.8) is 0 Å². The van der Waals surface area contributed by atoms with Crippen molar-refractivity contribution in [2.75, 3.05) is 17.9 Å². The van der Waals surface area contributed by atoms with Crippen LogP contribution in [0.25, 0.3) is 0 Å². The molecule has 3 rings (SSSR count). The van der Waals surface area contributed by atoms with E-state index in [2.05, 4.69) is 37.4 Å². The van der Waals surface area contributed by atoms with Gasteiger partial charge in [0.25, 0.3) is 0 Å². The average Bonchev–Trinajstić information content (AvgIpc) is 2.94. The van der Waals surface area contributed by atoms with Crippen molar-refractivity contribution in [3.8, 4) is 11.5 Å². The van der Waals surface area contributed by atoms with Crippen LogP contribution in [0.15, 0.2) is 41.3 Å². The predicted octanol–water partition coefficient (Wildman–Crippen LogP) is 3.76. The zero-order valence-corrected chi connectivity index (χ0v) is 13.3. The molecule has 0 unspecified atom stereocenters. The Kier molecular flexibility index (Phi) is 4.24. The molecule has 0 atom stereocenters. The highest BCUT2D eigenvalue weighted by atomic mass is 32.2. The Balaban J connectivity index is 1.58. The van der Waals surface area contributed by atoms with Gasteiger partial charge in [-0.05, 0) is 37.6 Å². The summed E-state index contributed by atoms with van der Waals surface area (Å²) in [5, 5.41) is 2.88. The molecule has 0 fully saturated rings. The molecule has 1 aliphatic heterocycles. The lowest BCUT2D eigenvalue weighted by Gasteiger charge is -2.08. The summed E-state index contributed by atoms with van der Waals surface area (Å²) in [6, 6.07) is 11.6. The van der Waals surface area contributed by atoms with Crippen LogP contribution in [0.4, 0.5) is 5.69 Å². The summed E-state index contributed by atoms with van der Waals surface area (Å²) < 4.78 is 10.5. The molecule has 2 aromatic carbocycles. The molecule has 0 aliphatic carbocycles. The third kappa shape index (κ3) is 3.36. The lowest BCUT2D eigenvalue weighted by molar-refractivity contribution is -0.113. The molecule has 22 heavy (non-hydrogen) atoms. The zero-order chi connectivity index (χ0) is 15.5. The van der Waals surface area contributed by atoms with Gasteiger partial charge in [0.15, 0.2) is 11.5 Å². The molecule has 1 amide bonds. The minimum absolute atomic E-state index is 0.0381. The van der Waals surface area contributed by atoms with Gasteiger partial charge in [0, 0.05) is 16.6 Å². The smallest absolute Gasteiger partial charge is 0.234 e. The van der Waals surface area contributed by atoms with Gasteiger partial charge in [0.1, 0.15) is 0 Å². The lowest BCUT2D eigenvalue weighted by Crippen LogP contribution is -2.14. The van der Waals surface area contributed by atoms with Crippen LogP contribution in [-0.4, -0.2) is 18.5 Å². The fourth-order valence-electron chi connectivity index (χ4n) is 2.28. The number of rotatable bonds is 4. The second-order valence-electron chi connectivity index (χ2n) is 5.17. The number of carbonyl (C=O) groups is 1. The Bertz CT molecular complexity index is 715. The highest BCUT2D eigenvalue weighted by Crippen LogP contribution is 2.34. The largest absolute Gasteiger partial charge is 0.454 e. The normalized spacial score (nSPS) is 12.3. The Morgan fingerprint density at radius 1 is 1.14 bits per heavy atom. The van der Waals surface area contributed by atoms with Crippen LogP contribution < -0.4 is 14.8 Å². The van der Waals surface area contributed by atoms with Crippen molar-refractivity contribution in [2.24, 2.45) is 0 Å². The Labute approximate surface area is 133 Å². The predicted molar refractivity (Wildman–Crippen MR) is 87.8 cm³/mol. The first-order valence-corrected chi connectivity index (χ1v) is 8.00. The molecule has 0 saturated carbocycles. The number of benzene rings is 2. The first kappa shape index (κ1) is 14.8. The summed E-state index contributed by atoms with van der Waals surface area (Å²) in [7, 11) is 0. The van der Waals surface area contributed by atoms with Crippen molar-refractivity contribution < 1.29 is 14.3 Å². The van der Waals surface area contributed by atoms with Crippen LogP contribution in [0, 0.1) is 13.8 Å². The summed E-state index contributed by atoms with van der Waals surface area (Å²) in [6.07, 6.45) is 0. The van der Waals surface area contributed by atoms with Gasteiger partial charge < -0.3 is 14.8 Å². The first-order valence-electron chi connectivity index (χ1n) is 7.01. The Hall–Kier alpha value is -2.14. The number of amides is 1. The van der Waals surface area contributed by atoms with E-state index in [4.69, 9.17) is 9.47 Å². The van der Waals surface area contributed by atoms with Gasteiger partial charge in [-0.1, -0.05) is 17.7 Å². The number of anilines is 1. The monoisotopic (exact) mass is 315 g/mol. The van der Waals surface area contributed by atoms with E-state index in [1.54, 1.807) is 23.9 Å². The van der Waals surface area contributed by atoms with Crippen LogP contribution >= 0.6 is 11.8 Å². The lowest BCUT2D eigenvalue weighted by atomic mass is 10.2. The van der Waals surface area contributed by atoms with E-state index in [9.17, 15) is 4.79 Å². The van der Waals surface area contributed by atoms with Crippen molar-refractivity contribution in [1.29, 1.82) is 0 Å². The number of hydrogen-bond donors (Lipinski definition) is 1. The molecule has 0 aromatic heterocycles. The van der Waals surface area contributed by atoms with E-state index < -0.39 is 0 Å². The molecule has 1 N–H and O–H groups in total. The van der Waals surface area contributed by atoms with Gasteiger partial charge in [-0.2, -0.15) is 0 Å². The number of nitrogens with one attached hydrogen (secondary N) is 1. The minimum atomic E-state index is -0.0381. The van der Waals surface area contributed by atoms with Crippen LogP contribution in [0.1, 0.15) is 11.1 Å². The zero-order valence-electron chi connectivity index (χ0n) is 12.5. The summed E-state index contributed by atoms with van der Waals surface area (Å²) in [4.78, 5) is 13.2. The highest BCUT2D eigenvalue weighted by molar-refractivity contribution is 8.00. The first-order chi connectivity index (χ1) is 10.6. The molecule has 114 valence electrons. The number of fused-ring (bicyclic) bond motifs is 1. The second kappa shape index (κ2) is 6.32. The highest BCUT2D eigenvalue weighted by Gasteiger charge is 2.14. The van der Waals surface area contributed by atoms with Gasteiger partial charge in [-0.3, -0.25) is 4.79 Å². The maximum Gasteiger partial charge on any atom is 0.234 e. The molecule has 0 bridgehead atoms. The van der Waals surface area contributed by atoms with Gasteiger partial charge in [-0.15, -0.1) is 11.8 Å². The third-order valence-corrected chi connectivity index (χ3v) is 4.52. The maximum atomic E-state index is 12.1. The van der Waals surface area contributed by atoms with Crippen LogP contribution in [0.2, 0.25) is 0 Å². The summed E-state index contributed by atoms with van der Waals surface area (Å²) in [6.45, 7) is 4.36. The molecule has 4 nitrogen and oxygen atoms in total. The maximum absolute atomic E-state index is 12.1. The quantitative estimate of drug-likeness (QED) is 0.873. The standard InChI is InChI=1S/C17H17NO3S/c1-11-3-6-16(12(2)7-11)22-9-17(19)18-13-4-5-14-15(8-13)21-10-20-14/h3-8H,9-10H2,1-2H3,(H,18,19). The molecular formula is C17H17NO3S. The molecular weight excluding hydrogens is 298 g/mol. The van der Waals surface area contributed by atoms with E-state index in [0.717, 1.165) is 10.6 Å². The van der Waals surface area contributed by atoms with Gasteiger partial charge in [0.2, 0.25) is 12.7 Å². The SMILES string of the molecule is Cc1ccc(SCC(=O)Nc2ccc3c(c2)OCO3)c(C)c1. The molecule has 2 aromatic rings. The van der Waals surface area contributed by atoms with Gasteiger partial charge in [-0.25, -0.2) is 0 Å². The Morgan fingerprint density at radius 3 is 2.77 bits per heavy atom. The van der Waals surface area contributed by atoms with E-state index in [0.29, 0.717) is 17.3 Å². The Morgan fingerprint density at radius 2 is 1.95 bits per heavy atom. The number of ether oxygens (including phenoxy) is 2. The summed E-state index contributed by atoms with van der Waals surface area (Å²) in [5.41, 5.74) is 3.14. The fourth-order valence-corrected chi connectivity index (χ4v) is 3.09. The number of hydrogen-bond acceptors (Lipinski definition) is 4. The van der Waals surface area contributed by atoms with E-state index in [1.165, 1.54) is 11.1 Å².